The van der Waals surface area contributed by atoms with Gasteiger partial charge in [-0.25, -0.2) is 13.9 Å². The molecule has 4 fully saturated rings. The van der Waals surface area contributed by atoms with Gasteiger partial charge in [-0.2, -0.15) is 10.2 Å². The van der Waals surface area contributed by atoms with Crippen LogP contribution in [0.15, 0.2) is 55.0 Å². The molecule has 3 aromatic heterocycles. The number of primary amides is 1. The summed E-state index contributed by atoms with van der Waals surface area (Å²) < 4.78 is 25.9. The van der Waals surface area contributed by atoms with Crippen molar-refractivity contribution in [2.45, 2.75) is 56.3 Å². The highest BCUT2D eigenvalue weighted by Gasteiger charge is 2.48. The molecule has 10 rings (SSSR count). The van der Waals surface area contributed by atoms with Crippen molar-refractivity contribution in [2.75, 3.05) is 44.2 Å². The molecular weight excluding hydrogens is 736 g/mol. The number of nitrogens with zero attached hydrogens (tertiary/aromatic N) is 8. The first-order valence-electron chi connectivity index (χ1n) is 19.3. The molecule has 5 aliphatic rings. The highest BCUT2D eigenvalue weighted by molar-refractivity contribution is 6.23. The van der Waals surface area contributed by atoms with E-state index in [-0.39, 0.29) is 55.2 Å². The lowest BCUT2D eigenvalue weighted by Gasteiger charge is -2.48. The van der Waals surface area contributed by atoms with Crippen LogP contribution >= 0.6 is 0 Å². The molecule has 1 atom stereocenters. The molecular formula is C40H39FN10O6. The fourth-order valence-electron chi connectivity index (χ4n) is 8.68. The van der Waals surface area contributed by atoms with Crippen LogP contribution < -0.4 is 20.7 Å². The number of anilines is 1. The van der Waals surface area contributed by atoms with Crippen LogP contribution in [0.4, 0.5) is 10.1 Å². The molecule has 5 amide bonds. The topological polar surface area (TPSA) is 190 Å². The van der Waals surface area contributed by atoms with Gasteiger partial charge in [0, 0.05) is 67.3 Å². The third kappa shape index (κ3) is 6.16. The lowest BCUT2D eigenvalue weighted by Crippen LogP contribution is -2.64. The Balaban J connectivity index is 0.801. The summed E-state index contributed by atoms with van der Waals surface area (Å²) >= 11 is 0. The van der Waals surface area contributed by atoms with Crippen molar-refractivity contribution in [1.82, 2.24) is 39.5 Å². The van der Waals surface area contributed by atoms with E-state index in [0.717, 1.165) is 41.5 Å². The van der Waals surface area contributed by atoms with Crippen LogP contribution in [0.1, 0.15) is 75.6 Å². The molecule has 3 saturated heterocycles. The predicted octanol–water partition coefficient (Wildman–Crippen LogP) is 2.90. The van der Waals surface area contributed by atoms with Gasteiger partial charge in [0.1, 0.15) is 23.0 Å². The smallest absolute Gasteiger partial charge is 0.262 e. The van der Waals surface area contributed by atoms with Gasteiger partial charge in [-0.3, -0.25) is 43.8 Å². The van der Waals surface area contributed by atoms with Crippen LogP contribution in [0.25, 0.3) is 27.8 Å². The summed E-state index contributed by atoms with van der Waals surface area (Å²) in [7, 11) is 0. The van der Waals surface area contributed by atoms with Crippen LogP contribution in [-0.4, -0.2) is 115 Å². The first kappa shape index (κ1) is 35.2. The van der Waals surface area contributed by atoms with Gasteiger partial charge in [-0.15, -0.1) is 0 Å². The number of hydrogen-bond donors (Lipinski definition) is 2. The summed E-state index contributed by atoms with van der Waals surface area (Å²) in [5.41, 5.74) is 7.81. The van der Waals surface area contributed by atoms with Crippen molar-refractivity contribution in [3.8, 4) is 17.0 Å². The number of hydrogen-bond acceptors (Lipinski definition) is 11. The largest absolute Gasteiger partial charge is 0.493 e. The number of halogens is 1. The Morgan fingerprint density at radius 1 is 0.965 bits per heavy atom. The number of nitrogens with two attached hydrogens (primary N) is 1. The van der Waals surface area contributed by atoms with Gasteiger partial charge < -0.3 is 15.4 Å². The molecule has 1 unspecified atom stereocenters. The van der Waals surface area contributed by atoms with Crippen LogP contribution in [0.3, 0.4) is 0 Å². The normalized spacial score (nSPS) is 21.3. The third-order valence-electron chi connectivity index (χ3n) is 11.9. The van der Waals surface area contributed by atoms with E-state index < -0.39 is 41.2 Å². The quantitative estimate of drug-likeness (QED) is 0.199. The third-order valence-corrected chi connectivity index (χ3v) is 11.9. The number of amides is 5. The number of fused-ring (bicyclic) bond motifs is 3. The zero-order chi connectivity index (χ0) is 39.2. The summed E-state index contributed by atoms with van der Waals surface area (Å²) in [4.78, 5) is 72.4. The molecule has 3 N–H and O–H groups in total. The second-order valence-electron chi connectivity index (χ2n) is 15.9. The average molecular weight is 775 g/mol. The molecule has 7 heterocycles. The zero-order valence-corrected chi connectivity index (χ0v) is 30.9. The molecule has 1 saturated carbocycles. The molecule has 2 aromatic carbocycles. The van der Waals surface area contributed by atoms with Crippen molar-refractivity contribution in [1.29, 1.82) is 0 Å². The number of rotatable bonds is 10. The number of carbonyl (C=O) groups is 5. The van der Waals surface area contributed by atoms with E-state index in [1.54, 1.807) is 41.2 Å². The monoisotopic (exact) mass is 774 g/mol. The van der Waals surface area contributed by atoms with Crippen molar-refractivity contribution in [2.24, 2.45) is 11.7 Å². The van der Waals surface area contributed by atoms with Crippen molar-refractivity contribution >= 4 is 51.8 Å². The van der Waals surface area contributed by atoms with E-state index in [9.17, 15) is 24.0 Å². The van der Waals surface area contributed by atoms with E-state index in [1.165, 1.54) is 0 Å². The van der Waals surface area contributed by atoms with Gasteiger partial charge in [0.2, 0.25) is 11.8 Å². The van der Waals surface area contributed by atoms with Gasteiger partial charge in [0.05, 0.1) is 42.4 Å². The molecule has 5 aromatic rings. The van der Waals surface area contributed by atoms with Crippen molar-refractivity contribution in [3.05, 3.63) is 71.7 Å². The number of piperidine rings is 2. The standard InChI is InChI=1S/C40H39FN10O6/c41-40(20-48(21-40)25-4-5-26-27(15-25)39(56)51(38(26)55)30-6-7-32(52)44-37(30)54)19-47-12-8-24(9-13-47)50-17-23-14-28(31(16-29(23)45-50)57-18-22-2-3-22)34-33(35(42)53)36-43-10-1-11-49(36)46-34/h1,4-5,10-11,14-17,22,24,30H,2-3,6-9,12-13,18-21H2,(H2,42,53)(H,44,52,54). The summed E-state index contributed by atoms with van der Waals surface area (Å²) in [6, 6.07) is 9.49. The van der Waals surface area contributed by atoms with E-state index in [4.69, 9.17) is 15.6 Å². The average Bonchev–Trinajstić information content (AvgIpc) is 3.71. The summed E-state index contributed by atoms with van der Waals surface area (Å²) in [6.45, 7) is 2.49. The fourth-order valence-corrected chi connectivity index (χ4v) is 8.68. The molecule has 0 spiro atoms. The number of benzene rings is 2. The summed E-state index contributed by atoms with van der Waals surface area (Å²) in [5.74, 6) is -1.80. The van der Waals surface area contributed by atoms with Crippen LogP contribution in [0, 0.1) is 5.92 Å². The van der Waals surface area contributed by atoms with Gasteiger partial charge >= 0.3 is 0 Å². The van der Waals surface area contributed by atoms with E-state index in [0.29, 0.717) is 54.0 Å². The van der Waals surface area contributed by atoms with E-state index in [2.05, 4.69) is 20.3 Å². The maximum absolute atomic E-state index is 16.1. The number of carbonyl (C=O) groups excluding carboxylic acids is 5. The molecule has 4 aliphatic heterocycles. The minimum atomic E-state index is -1.45. The SMILES string of the molecule is NC(=O)c1c(-c2cc3cn(C4CCN(CC5(F)CN(c6ccc7c(c6)C(=O)N(C6CCC(=O)NC6=O)C7=O)C5)CC4)nc3cc2OCC2CC2)nn2cccnc12. The number of likely N-dealkylation sites (tertiary alicyclic amines) is 1. The second kappa shape index (κ2) is 13.2. The highest BCUT2D eigenvalue weighted by atomic mass is 19.1. The lowest BCUT2D eigenvalue weighted by molar-refractivity contribution is -0.136. The second-order valence-corrected chi connectivity index (χ2v) is 15.9. The lowest BCUT2D eigenvalue weighted by atomic mass is 9.92. The number of aromatic nitrogens is 5. The van der Waals surface area contributed by atoms with Crippen LogP contribution in [0.5, 0.6) is 5.75 Å². The van der Waals surface area contributed by atoms with Gasteiger partial charge in [0.25, 0.3) is 17.7 Å². The van der Waals surface area contributed by atoms with Crippen molar-refractivity contribution in [3.63, 3.8) is 0 Å². The Bertz CT molecular complexity index is 2530. The van der Waals surface area contributed by atoms with Gasteiger partial charge in [0.15, 0.2) is 11.3 Å². The zero-order valence-electron chi connectivity index (χ0n) is 30.9. The number of alkyl halides is 1. The van der Waals surface area contributed by atoms with E-state index >= 15 is 4.39 Å². The van der Waals surface area contributed by atoms with E-state index in [1.807, 2.05) is 27.9 Å². The number of imide groups is 2. The Labute approximate surface area is 324 Å². The van der Waals surface area contributed by atoms with Crippen molar-refractivity contribution < 1.29 is 33.1 Å². The number of nitrogens with one attached hydrogen (secondary N) is 1. The minimum absolute atomic E-state index is 0.0441. The van der Waals surface area contributed by atoms with Gasteiger partial charge in [-0.05, 0) is 68.4 Å². The Hall–Kier alpha value is -6.23. The Kier molecular flexibility index (Phi) is 8.14. The highest BCUT2D eigenvalue weighted by Crippen LogP contribution is 2.40. The molecule has 0 bridgehead atoms. The first-order valence-corrected chi connectivity index (χ1v) is 19.3. The molecule has 17 heteroatoms. The predicted molar refractivity (Wildman–Crippen MR) is 202 cm³/mol. The maximum atomic E-state index is 16.1. The Morgan fingerprint density at radius 3 is 2.51 bits per heavy atom. The van der Waals surface area contributed by atoms with Gasteiger partial charge in [-0.1, -0.05) is 0 Å². The molecule has 1 aliphatic carbocycles. The van der Waals surface area contributed by atoms with Crippen LogP contribution in [-0.2, 0) is 9.59 Å². The fraction of sp³-hybridized carbons (Fsp3) is 0.400. The molecule has 57 heavy (non-hydrogen) atoms. The number of ether oxygens (including phenoxy) is 1. The first-order chi connectivity index (χ1) is 27.5. The maximum Gasteiger partial charge on any atom is 0.262 e. The van der Waals surface area contributed by atoms with Crippen LogP contribution in [0.2, 0.25) is 0 Å². The molecule has 0 radical (unpaired) electrons. The minimum Gasteiger partial charge on any atom is -0.493 e. The summed E-state index contributed by atoms with van der Waals surface area (Å²) in [6.07, 6.45) is 9.23. The molecule has 292 valence electrons. The Morgan fingerprint density at radius 2 is 1.75 bits per heavy atom. The summed E-state index contributed by atoms with van der Waals surface area (Å²) in [5, 5.41) is 12.7. The molecule has 16 nitrogen and oxygen atoms in total.